The Hall–Kier alpha value is -4.03. The Balaban J connectivity index is 3.90. The minimum atomic E-state index is -0.338. The van der Waals surface area contributed by atoms with E-state index in [0.29, 0.717) is 24.4 Å². The third-order valence-electron chi connectivity index (χ3n) is 5.59. The van der Waals surface area contributed by atoms with Gasteiger partial charge in [-0.05, 0) is 63.8 Å². The van der Waals surface area contributed by atoms with Gasteiger partial charge in [-0.3, -0.25) is 19.2 Å². The Labute approximate surface area is 242 Å². The van der Waals surface area contributed by atoms with Crippen LogP contribution in [-0.2, 0) is 28.7 Å². The van der Waals surface area contributed by atoms with Gasteiger partial charge < -0.3 is 24.2 Å². The molecule has 12 heteroatoms. The third-order valence-corrected chi connectivity index (χ3v) is 5.59. The molecule has 0 spiro atoms. The Morgan fingerprint density at radius 3 is 1.02 bits per heavy atom. The van der Waals surface area contributed by atoms with E-state index < -0.39 is 0 Å². The van der Waals surface area contributed by atoms with Crippen molar-refractivity contribution in [2.45, 2.75) is 41.5 Å². The average Bonchev–Trinajstić information content (AvgIpc) is 2.91. The van der Waals surface area contributed by atoms with E-state index in [-0.39, 0.29) is 91.8 Å². The maximum Gasteiger partial charge on any atom is 0.234 e. The summed E-state index contributed by atoms with van der Waals surface area (Å²) < 4.78 is 11.2. The molecule has 41 heavy (non-hydrogen) atoms. The highest BCUT2D eigenvalue weighted by Gasteiger charge is 2.26. The van der Waals surface area contributed by atoms with E-state index in [1.165, 1.54) is 14.7 Å². The molecule has 0 N–H and O–H groups in total. The van der Waals surface area contributed by atoms with Crippen molar-refractivity contribution in [3.05, 3.63) is 48.6 Å². The van der Waals surface area contributed by atoms with Crippen molar-refractivity contribution in [3.63, 3.8) is 0 Å². The fourth-order valence-electron chi connectivity index (χ4n) is 2.95. The Bertz CT molecular complexity index is 1110. The fourth-order valence-corrected chi connectivity index (χ4v) is 2.95. The highest BCUT2D eigenvalue weighted by Crippen LogP contribution is 2.21. The SMILES string of the molecule is C=C(C)C(=O)CN(COCC)c1nc(N(COCC)CC(=O)C(=C)C)nc(N(CC(=O)C(=C)C)CC(=O)C(=C)C)n1. The monoisotopic (exact) mass is 570 g/mol. The summed E-state index contributed by atoms with van der Waals surface area (Å²) in [4.78, 5) is 68.7. The first-order valence-corrected chi connectivity index (χ1v) is 13.1. The number of aromatic nitrogens is 3. The van der Waals surface area contributed by atoms with E-state index in [0.717, 1.165) is 0 Å². The summed E-state index contributed by atoms with van der Waals surface area (Å²) in [6.07, 6.45) is 0. The topological polar surface area (TPSA) is 135 Å². The quantitative estimate of drug-likeness (QED) is 0.159. The molecule has 0 aliphatic rings. The summed E-state index contributed by atoms with van der Waals surface area (Å²) in [5.74, 6) is -1.22. The largest absolute Gasteiger partial charge is 0.361 e. The molecule has 12 nitrogen and oxygen atoms in total. The normalized spacial score (nSPS) is 10.5. The highest BCUT2D eigenvalue weighted by atomic mass is 16.5. The zero-order chi connectivity index (χ0) is 31.3. The lowest BCUT2D eigenvalue weighted by Gasteiger charge is -2.28. The van der Waals surface area contributed by atoms with Crippen molar-refractivity contribution in [2.75, 3.05) is 67.6 Å². The minimum absolute atomic E-state index is 0.0212. The third kappa shape index (κ3) is 11.5. The number of ketones is 4. The second-order valence-corrected chi connectivity index (χ2v) is 9.55. The summed E-state index contributed by atoms with van der Waals surface area (Å²) in [6.45, 7) is 24.5. The predicted molar refractivity (Wildman–Crippen MR) is 159 cm³/mol. The maximum atomic E-state index is 12.7. The van der Waals surface area contributed by atoms with Crippen LogP contribution in [0.5, 0.6) is 0 Å². The van der Waals surface area contributed by atoms with Crippen molar-refractivity contribution in [1.82, 2.24) is 15.0 Å². The number of hydrogen-bond acceptors (Lipinski definition) is 12. The summed E-state index contributed by atoms with van der Waals surface area (Å²) in [6, 6.07) is 0. The fraction of sp³-hybridized carbons (Fsp3) is 0.483. The van der Waals surface area contributed by atoms with Gasteiger partial charge in [0, 0.05) is 13.2 Å². The number of rotatable bonds is 21. The molecular weight excluding hydrogens is 528 g/mol. The number of ether oxygens (including phenoxy) is 2. The van der Waals surface area contributed by atoms with Gasteiger partial charge >= 0.3 is 0 Å². The van der Waals surface area contributed by atoms with Crippen molar-refractivity contribution in [3.8, 4) is 0 Å². The molecule has 0 fully saturated rings. The van der Waals surface area contributed by atoms with Crippen LogP contribution in [0.15, 0.2) is 48.6 Å². The first-order valence-electron chi connectivity index (χ1n) is 13.1. The molecule has 0 saturated heterocycles. The van der Waals surface area contributed by atoms with E-state index in [4.69, 9.17) is 9.47 Å². The first-order chi connectivity index (χ1) is 19.2. The van der Waals surface area contributed by atoms with E-state index in [2.05, 4.69) is 41.3 Å². The molecule has 1 heterocycles. The Morgan fingerprint density at radius 1 is 0.537 bits per heavy atom. The lowest BCUT2D eigenvalue weighted by atomic mass is 10.2. The molecule has 0 aromatic carbocycles. The molecule has 0 saturated carbocycles. The highest BCUT2D eigenvalue weighted by molar-refractivity contribution is 6.01. The van der Waals surface area contributed by atoms with Crippen molar-refractivity contribution in [1.29, 1.82) is 0 Å². The van der Waals surface area contributed by atoms with Crippen LogP contribution in [0.2, 0.25) is 0 Å². The maximum absolute atomic E-state index is 12.7. The molecule has 0 bridgehead atoms. The second-order valence-electron chi connectivity index (χ2n) is 9.55. The van der Waals surface area contributed by atoms with Gasteiger partial charge in [-0.2, -0.15) is 15.0 Å². The van der Waals surface area contributed by atoms with Crippen LogP contribution < -0.4 is 14.7 Å². The predicted octanol–water partition coefficient (Wildman–Crippen LogP) is 2.86. The number of carbonyl (C=O) groups excluding carboxylic acids is 4. The van der Waals surface area contributed by atoms with Crippen LogP contribution in [0.1, 0.15) is 41.5 Å². The van der Waals surface area contributed by atoms with E-state index >= 15 is 0 Å². The summed E-state index contributed by atoms with van der Waals surface area (Å²) in [7, 11) is 0. The Kier molecular flexibility index (Phi) is 14.5. The molecule has 0 amide bonds. The zero-order valence-electron chi connectivity index (χ0n) is 25.1. The lowest BCUT2D eigenvalue weighted by molar-refractivity contribution is -0.116. The van der Waals surface area contributed by atoms with Gasteiger partial charge in [-0.1, -0.05) is 26.3 Å². The molecule has 0 aliphatic carbocycles. The van der Waals surface area contributed by atoms with E-state index in [9.17, 15) is 19.2 Å². The number of hydrogen-bond donors (Lipinski definition) is 0. The molecule has 0 aliphatic heterocycles. The standard InChI is InChI=1S/C29H42N6O6/c1-11-40-17-34(15-25(38)21(7)8)28-30-27(33(13-23(36)19(3)4)14-24(37)20(5)6)31-29(32-28)35(18-41-12-2)16-26(39)22(9)10/h3,5,7,9,11-18H2,1-2,4,6,8,10H3. The van der Waals surface area contributed by atoms with Gasteiger partial charge in [-0.15, -0.1) is 0 Å². The van der Waals surface area contributed by atoms with Gasteiger partial charge in [0.1, 0.15) is 13.5 Å². The van der Waals surface area contributed by atoms with Crippen molar-refractivity contribution < 1.29 is 28.7 Å². The number of carbonyl (C=O) groups is 4. The van der Waals surface area contributed by atoms with Crippen LogP contribution in [0.4, 0.5) is 17.8 Å². The van der Waals surface area contributed by atoms with Gasteiger partial charge in [0.2, 0.25) is 17.8 Å². The first kappa shape index (κ1) is 35.0. The summed E-state index contributed by atoms with van der Waals surface area (Å²) >= 11 is 0. The van der Waals surface area contributed by atoms with Gasteiger partial charge in [0.05, 0.1) is 26.2 Å². The minimum Gasteiger partial charge on any atom is -0.361 e. The van der Waals surface area contributed by atoms with Crippen LogP contribution in [0, 0.1) is 0 Å². The van der Waals surface area contributed by atoms with Crippen molar-refractivity contribution in [2.24, 2.45) is 0 Å². The smallest absolute Gasteiger partial charge is 0.234 e. The molecule has 1 aromatic heterocycles. The molecule has 0 atom stereocenters. The second kappa shape index (κ2) is 16.9. The Morgan fingerprint density at radius 2 is 0.780 bits per heavy atom. The van der Waals surface area contributed by atoms with E-state index in [1.807, 2.05) is 0 Å². The number of anilines is 3. The average molecular weight is 571 g/mol. The van der Waals surface area contributed by atoms with Crippen LogP contribution in [0.25, 0.3) is 0 Å². The number of nitrogens with zero attached hydrogens (tertiary/aromatic N) is 6. The zero-order valence-corrected chi connectivity index (χ0v) is 25.1. The number of Topliss-reactive ketones (excluding diaryl/α,β-unsaturated/α-hetero) is 4. The summed E-state index contributed by atoms with van der Waals surface area (Å²) in [5, 5.41) is 0. The van der Waals surface area contributed by atoms with Gasteiger partial charge in [0.15, 0.2) is 23.1 Å². The van der Waals surface area contributed by atoms with Crippen LogP contribution >= 0.6 is 0 Å². The molecule has 1 aromatic rings. The van der Waals surface area contributed by atoms with Crippen molar-refractivity contribution >= 4 is 41.0 Å². The molecule has 0 radical (unpaired) electrons. The van der Waals surface area contributed by atoms with E-state index in [1.54, 1.807) is 41.5 Å². The van der Waals surface area contributed by atoms with Gasteiger partial charge in [-0.25, -0.2) is 0 Å². The molecular formula is C29H42N6O6. The van der Waals surface area contributed by atoms with Gasteiger partial charge in [0.25, 0.3) is 0 Å². The molecule has 0 unspecified atom stereocenters. The van der Waals surface area contributed by atoms with Crippen LogP contribution in [-0.4, -0.2) is 90.9 Å². The lowest BCUT2D eigenvalue weighted by Crippen LogP contribution is -2.40. The molecule has 224 valence electrons. The summed E-state index contributed by atoms with van der Waals surface area (Å²) in [5.41, 5.74) is 1.21. The molecule has 1 rings (SSSR count). The van der Waals surface area contributed by atoms with Crippen LogP contribution in [0.3, 0.4) is 0 Å².